The minimum atomic E-state index is -0.575. The van der Waals surface area contributed by atoms with Crippen LogP contribution in [-0.4, -0.2) is 22.3 Å². The molecular formula is C12H17NO2. The molecule has 1 aliphatic rings. The first-order valence-corrected chi connectivity index (χ1v) is 5.36. The fourth-order valence-corrected chi connectivity index (χ4v) is 2.11. The zero-order valence-electron chi connectivity index (χ0n) is 9.23. The maximum absolute atomic E-state index is 10.3. The van der Waals surface area contributed by atoms with Crippen LogP contribution in [0.2, 0.25) is 0 Å². The Morgan fingerprint density at radius 1 is 1.60 bits per heavy atom. The molecule has 0 saturated carbocycles. The van der Waals surface area contributed by atoms with Crippen LogP contribution in [0, 0.1) is 6.92 Å². The van der Waals surface area contributed by atoms with Crippen LogP contribution >= 0.6 is 0 Å². The highest BCUT2D eigenvalue weighted by Crippen LogP contribution is 2.37. The molecule has 1 aromatic rings. The van der Waals surface area contributed by atoms with Crippen molar-refractivity contribution in [3.05, 3.63) is 29.6 Å². The molecule has 1 N–H and O–H groups in total. The third kappa shape index (κ3) is 1.90. The van der Waals surface area contributed by atoms with Gasteiger partial charge in [-0.1, -0.05) is 0 Å². The summed E-state index contributed by atoms with van der Waals surface area (Å²) < 4.78 is 5.63. The van der Waals surface area contributed by atoms with Crippen LogP contribution in [0.1, 0.15) is 37.0 Å². The predicted octanol–water partition coefficient (Wildman–Crippen LogP) is 1.99. The number of nitrogens with zero attached hydrogens (tertiary/aromatic N) is 1. The Morgan fingerprint density at radius 3 is 3.00 bits per heavy atom. The van der Waals surface area contributed by atoms with E-state index < -0.39 is 11.7 Å². The summed E-state index contributed by atoms with van der Waals surface area (Å²) >= 11 is 0. The molecule has 0 amide bonds. The standard InChI is InChI=1S/C12H17NO2/c1-9-4-6-13-8-10(9)11(14)12(2)5-3-7-15-12/h4,6,8,11,14H,3,5,7H2,1-2H3. The van der Waals surface area contributed by atoms with Crippen molar-refractivity contribution in [3.63, 3.8) is 0 Å². The number of aromatic nitrogens is 1. The number of aliphatic hydroxyl groups is 1. The number of rotatable bonds is 2. The zero-order chi connectivity index (χ0) is 10.9. The molecular weight excluding hydrogens is 190 g/mol. The summed E-state index contributed by atoms with van der Waals surface area (Å²) in [5.41, 5.74) is 1.50. The molecule has 3 nitrogen and oxygen atoms in total. The highest BCUT2D eigenvalue weighted by atomic mass is 16.5. The molecule has 2 atom stereocenters. The van der Waals surface area contributed by atoms with Gasteiger partial charge in [-0.05, 0) is 38.3 Å². The van der Waals surface area contributed by atoms with Crippen molar-refractivity contribution in [2.45, 2.75) is 38.4 Å². The van der Waals surface area contributed by atoms with E-state index in [0.29, 0.717) is 0 Å². The molecule has 1 fully saturated rings. The third-order valence-corrected chi connectivity index (χ3v) is 3.20. The minimum Gasteiger partial charge on any atom is -0.385 e. The fourth-order valence-electron chi connectivity index (χ4n) is 2.11. The molecule has 15 heavy (non-hydrogen) atoms. The third-order valence-electron chi connectivity index (χ3n) is 3.20. The van der Waals surface area contributed by atoms with Crippen LogP contribution in [-0.2, 0) is 4.74 Å². The van der Waals surface area contributed by atoms with E-state index in [1.807, 2.05) is 19.9 Å². The van der Waals surface area contributed by atoms with Gasteiger partial charge in [0.05, 0.1) is 5.60 Å². The first-order chi connectivity index (χ1) is 7.13. The second kappa shape index (κ2) is 3.91. The summed E-state index contributed by atoms with van der Waals surface area (Å²) in [4.78, 5) is 4.05. The summed E-state index contributed by atoms with van der Waals surface area (Å²) in [7, 11) is 0. The lowest BCUT2D eigenvalue weighted by atomic mass is 9.89. The van der Waals surface area contributed by atoms with Crippen LogP contribution in [0.4, 0.5) is 0 Å². The molecule has 3 heteroatoms. The van der Waals surface area contributed by atoms with Crippen molar-refractivity contribution in [2.75, 3.05) is 6.61 Å². The SMILES string of the molecule is Cc1ccncc1C(O)C1(C)CCCO1. The molecule has 2 rings (SSSR count). The van der Waals surface area contributed by atoms with E-state index in [4.69, 9.17) is 4.74 Å². The number of aryl methyl sites for hydroxylation is 1. The highest BCUT2D eigenvalue weighted by Gasteiger charge is 2.38. The lowest BCUT2D eigenvalue weighted by Gasteiger charge is -2.30. The van der Waals surface area contributed by atoms with Crippen LogP contribution in [0.25, 0.3) is 0 Å². The topological polar surface area (TPSA) is 42.4 Å². The Kier molecular flexibility index (Phi) is 2.76. The Bertz CT molecular complexity index is 345. The van der Waals surface area contributed by atoms with Gasteiger partial charge in [-0.3, -0.25) is 4.98 Å². The van der Waals surface area contributed by atoms with E-state index in [9.17, 15) is 5.11 Å². The predicted molar refractivity (Wildman–Crippen MR) is 57.5 cm³/mol. The summed E-state index contributed by atoms with van der Waals surface area (Å²) in [6, 6.07) is 1.91. The molecule has 0 aliphatic carbocycles. The van der Waals surface area contributed by atoms with Gasteiger partial charge in [0.2, 0.25) is 0 Å². The number of ether oxygens (including phenoxy) is 1. The summed E-state index contributed by atoms with van der Waals surface area (Å²) in [5.74, 6) is 0. The fraction of sp³-hybridized carbons (Fsp3) is 0.583. The Labute approximate surface area is 90.1 Å². The smallest absolute Gasteiger partial charge is 0.109 e. The van der Waals surface area contributed by atoms with E-state index in [1.165, 1.54) is 0 Å². The summed E-state index contributed by atoms with van der Waals surface area (Å²) in [6.07, 6.45) is 4.82. The number of hydrogen-bond donors (Lipinski definition) is 1. The molecule has 1 aromatic heterocycles. The van der Waals surface area contributed by atoms with Crippen LogP contribution < -0.4 is 0 Å². The average molecular weight is 207 g/mol. The van der Waals surface area contributed by atoms with Gasteiger partial charge in [0, 0.05) is 24.6 Å². The normalized spacial score (nSPS) is 27.9. The molecule has 0 radical (unpaired) electrons. The van der Waals surface area contributed by atoms with Gasteiger partial charge < -0.3 is 9.84 Å². The molecule has 0 bridgehead atoms. The van der Waals surface area contributed by atoms with Crippen LogP contribution in [0.3, 0.4) is 0 Å². The van der Waals surface area contributed by atoms with Crippen molar-refractivity contribution in [2.24, 2.45) is 0 Å². The molecule has 2 unspecified atom stereocenters. The van der Waals surface area contributed by atoms with Gasteiger partial charge in [-0.25, -0.2) is 0 Å². The van der Waals surface area contributed by atoms with E-state index >= 15 is 0 Å². The minimum absolute atomic E-state index is 0.437. The first-order valence-electron chi connectivity index (χ1n) is 5.36. The van der Waals surface area contributed by atoms with E-state index in [-0.39, 0.29) is 0 Å². The highest BCUT2D eigenvalue weighted by molar-refractivity contribution is 5.26. The monoisotopic (exact) mass is 207 g/mol. The maximum Gasteiger partial charge on any atom is 0.109 e. The molecule has 1 aliphatic heterocycles. The maximum atomic E-state index is 10.3. The van der Waals surface area contributed by atoms with Crippen molar-refractivity contribution in [3.8, 4) is 0 Å². The Balaban J connectivity index is 2.27. The van der Waals surface area contributed by atoms with Gasteiger partial charge in [-0.15, -0.1) is 0 Å². The van der Waals surface area contributed by atoms with Crippen LogP contribution in [0.15, 0.2) is 18.5 Å². The van der Waals surface area contributed by atoms with Gasteiger partial charge in [0.1, 0.15) is 6.10 Å². The lowest BCUT2D eigenvalue weighted by molar-refractivity contribution is -0.0799. The second-order valence-electron chi connectivity index (χ2n) is 4.40. The van der Waals surface area contributed by atoms with Crippen molar-refractivity contribution in [1.29, 1.82) is 0 Å². The van der Waals surface area contributed by atoms with E-state index in [2.05, 4.69) is 4.98 Å². The van der Waals surface area contributed by atoms with Crippen molar-refractivity contribution >= 4 is 0 Å². The lowest BCUT2D eigenvalue weighted by Crippen LogP contribution is -2.32. The Morgan fingerprint density at radius 2 is 2.40 bits per heavy atom. The summed E-state index contributed by atoms with van der Waals surface area (Å²) in [5, 5.41) is 10.3. The first kappa shape index (κ1) is 10.6. The number of aliphatic hydroxyl groups excluding tert-OH is 1. The number of pyridine rings is 1. The second-order valence-corrected chi connectivity index (χ2v) is 4.40. The van der Waals surface area contributed by atoms with Gasteiger partial charge in [0.25, 0.3) is 0 Å². The Hall–Kier alpha value is -0.930. The van der Waals surface area contributed by atoms with Gasteiger partial charge >= 0.3 is 0 Å². The van der Waals surface area contributed by atoms with Gasteiger partial charge in [0.15, 0.2) is 0 Å². The van der Waals surface area contributed by atoms with Crippen molar-refractivity contribution < 1.29 is 9.84 Å². The van der Waals surface area contributed by atoms with E-state index in [1.54, 1.807) is 12.4 Å². The van der Waals surface area contributed by atoms with E-state index in [0.717, 1.165) is 30.6 Å². The quantitative estimate of drug-likeness (QED) is 0.806. The molecule has 1 saturated heterocycles. The van der Waals surface area contributed by atoms with Gasteiger partial charge in [-0.2, -0.15) is 0 Å². The zero-order valence-corrected chi connectivity index (χ0v) is 9.23. The number of hydrogen-bond acceptors (Lipinski definition) is 3. The largest absolute Gasteiger partial charge is 0.385 e. The summed E-state index contributed by atoms with van der Waals surface area (Å²) in [6.45, 7) is 4.70. The van der Waals surface area contributed by atoms with Crippen molar-refractivity contribution in [1.82, 2.24) is 4.98 Å². The molecule has 0 aromatic carbocycles. The molecule has 2 heterocycles. The molecule has 0 spiro atoms. The average Bonchev–Trinajstić information content (AvgIpc) is 2.66. The molecule has 82 valence electrons. The van der Waals surface area contributed by atoms with Crippen LogP contribution in [0.5, 0.6) is 0 Å².